The Morgan fingerprint density at radius 2 is 2.10 bits per heavy atom. The first-order chi connectivity index (χ1) is 15.1. The number of imidazole rings is 1. The number of H-pyrrole nitrogens is 1. The van der Waals surface area contributed by atoms with Crippen molar-refractivity contribution in [3.05, 3.63) is 82.8 Å². The number of aryl methyl sites for hydroxylation is 1. The first kappa shape index (κ1) is 19.9. The number of benzene rings is 2. The van der Waals surface area contributed by atoms with Crippen molar-refractivity contribution >= 4 is 46.0 Å². The molecule has 5 rings (SSSR count). The van der Waals surface area contributed by atoms with Crippen LogP contribution in [0.3, 0.4) is 0 Å². The zero-order chi connectivity index (χ0) is 21.4. The molecule has 8 heteroatoms. The van der Waals surface area contributed by atoms with E-state index < -0.39 is 0 Å². The number of furan rings is 1. The standard InChI is InChI=1S/C23H19ClN4O2S/c1-14-4-9-17-19(11-14)26-23(25-17)31-13-22(29)28-20(21-3-2-10-30-21)12-18(27-28)15-5-7-16(24)8-6-15/h2-11,20H,12-13H2,1H3,(H,25,26)/t20-/m1/s1. The van der Waals surface area contributed by atoms with Gasteiger partial charge in [0.25, 0.3) is 5.91 Å². The van der Waals surface area contributed by atoms with E-state index in [0.717, 1.165) is 27.9 Å². The van der Waals surface area contributed by atoms with Crippen molar-refractivity contribution in [2.45, 2.75) is 24.5 Å². The molecular formula is C23H19ClN4O2S. The van der Waals surface area contributed by atoms with Crippen molar-refractivity contribution in [2.24, 2.45) is 5.10 Å². The number of rotatable bonds is 5. The van der Waals surface area contributed by atoms with E-state index in [2.05, 4.69) is 15.1 Å². The molecule has 0 unspecified atom stereocenters. The summed E-state index contributed by atoms with van der Waals surface area (Å²) in [6.07, 6.45) is 2.19. The second-order valence-corrected chi connectivity index (χ2v) is 8.78. The number of aromatic nitrogens is 2. The van der Waals surface area contributed by atoms with Gasteiger partial charge < -0.3 is 9.40 Å². The fraction of sp³-hybridized carbons (Fsp3) is 0.174. The summed E-state index contributed by atoms with van der Waals surface area (Å²) in [6.45, 7) is 2.04. The molecule has 0 fully saturated rings. The summed E-state index contributed by atoms with van der Waals surface area (Å²) in [6, 6.07) is 17.0. The highest BCUT2D eigenvalue weighted by Gasteiger charge is 2.34. The van der Waals surface area contributed by atoms with Crippen molar-refractivity contribution < 1.29 is 9.21 Å². The Morgan fingerprint density at radius 3 is 2.87 bits per heavy atom. The third kappa shape index (κ3) is 4.11. The van der Waals surface area contributed by atoms with Gasteiger partial charge in [-0.2, -0.15) is 5.10 Å². The molecule has 0 spiro atoms. The number of halogens is 1. The van der Waals surface area contributed by atoms with Crippen LogP contribution in [0.15, 0.2) is 75.5 Å². The highest BCUT2D eigenvalue weighted by atomic mass is 35.5. The second kappa shape index (κ2) is 8.24. The largest absolute Gasteiger partial charge is 0.467 e. The third-order valence-electron chi connectivity index (χ3n) is 5.16. The predicted molar refractivity (Wildman–Crippen MR) is 122 cm³/mol. The maximum absolute atomic E-state index is 13.1. The summed E-state index contributed by atoms with van der Waals surface area (Å²) in [7, 11) is 0. The number of carbonyl (C=O) groups is 1. The van der Waals surface area contributed by atoms with Crippen LogP contribution in [0.5, 0.6) is 0 Å². The molecule has 4 aromatic rings. The van der Waals surface area contributed by atoms with Crippen molar-refractivity contribution in [1.82, 2.24) is 15.0 Å². The first-order valence-electron chi connectivity index (χ1n) is 9.85. The molecule has 0 aliphatic carbocycles. The lowest BCUT2D eigenvalue weighted by Gasteiger charge is -2.19. The molecule has 2 aromatic heterocycles. The Balaban J connectivity index is 1.36. The van der Waals surface area contributed by atoms with Gasteiger partial charge in [-0.15, -0.1) is 0 Å². The van der Waals surface area contributed by atoms with E-state index >= 15 is 0 Å². The average molecular weight is 451 g/mol. The van der Waals surface area contributed by atoms with Crippen molar-refractivity contribution in [1.29, 1.82) is 0 Å². The molecule has 0 bridgehead atoms. The van der Waals surface area contributed by atoms with Gasteiger partial charge in [-0.25, -0.2) is 9.99 Å². The summed E-state index contributed by atoms with van der Waals surface area (Å²) in [5, 5.41) is 7.55. The second-order valence-electron chi connectivity index (χ2n) is 7.38. The van der Waals surface area contributed by atoms with E-state index in [4.69, 9.17) is 16.0 Å². The van der Waals surface area contributed by atoms with Gasteiger partial charge in [0, 0.05) is 11.4 Å². The van der Waals surface area contributed by atoms with Crippen molar-refractivity contribution in [3.8, 4) is 0 Å². The zero-order valence-corrected chi connectivity index (χ0v) is 18.3. The van der Waals surface area contributed by atoms with Crippen LogP contribution in [0.4, 0.5) is 0 Å². The zero-order valence-electron chi connectivity index (χ0n) is 16.7. The number of hydrazone groups is 1. The fourth-order valence-corrected chi connectivity index (χ4v) is 4.49. The number of fused-ring (bicyclic) bond motifs is 1. The van der Waals surface area contributed by atoms with Gasteiger partial charge in [0.15, 0.2) is 5.16 Å². The van der Waals surface area contributed by atoms with Crippen molar-refractivity contribution in [3.63, 3.8) is 0 Å². The van der Waals surface area contributed by atoms with Crippen LogP contribution < -0.4 is 0 Å². The minimum Gasteiger partial charge on any atom is -0.467 e. The minimum absolute atomic E-state index is 0.105. The molecule has 0 saturated carbocycles. The number of hydrogen-bond acceptors (Lipinski definition) is 5. The van der Waals surface area contributed by atoms with E-state index in [1.165, 1.54) is 16.8 Å². The average Bonchev–Trinajstić information content (AvgIpc) is 3.50. The van der Waals surface area contributed by atoms with Crippen molar-refractivity contribution in [2.75, 3.05) is 5.75 Å². The third-order valence-corrected chi connectivity index (χ3v) is 6.27. The van der Waals surface area contributed by atoms with Crippen LogP contribution in [0.2, 0.25) is 5.02 Å². The lowest BCUT2D eigenvalue weighted by Crippen LogP contribution is -2.28. The van der Waals surface area contributed by atoms with Crippen LogP contribution in [-0.4, -0.2) is 32.3 Å². The minimum atomic E-state index is -0.271. The molecule has 0 radical (unpaired) electrons. The van der Waals surface area contributed by atoms with Crippen LogP contribution in [0.1, 0.15) is 29.3 Å². The first-order valence-corrected chi connectivity index (χ1v) is 11.2. The van der Waals surface area contributed by atoms with Crippen LogP contribution >= 0.6 is 23.4 Å². The highest BCUT2D eigenvalue weighted by molar-refractivity contribution is 7.99. The lowest BCUT2D eigenvalue weighted by molar-refractivity contribution is -0.130. The topological polar surface area (TPSA) is 74.5 Å². The molecule has 1 amide bonds. The quantitative estimate of drug-likeness (QED) is 0.402. The van der Waals surface area contributed by atoms with E-state index in [0.29, 0.717) is 22.4 Å². The number of hydrogen-bond donors (Lipinski definition) is 1. The number of nitrogens with one attached hydrogen (secondary N) is 1. The Labute approximate surface area is 188 Å². The maximum Gasteiger partial charge on any atom is 0.253 e. The summed E-state index contributed by atoms with van der Waals surface area (Å²) in [5.41, 5.74) is 4.78. The lowest BCUT2D eigenvalue weighted by atomic mass is 10.0. The summed E-state index contributed by atoms with van der Waals surface area (Å²) >= 11 is 7.38. The molecule has 31 heavy (non-hydrogen) atoms. The Bertz CT molecular complexity index is 1260. The van der Waals surface area contributed by atoms with Gasteiger partial charge in [-0.3, -0.25) is 4.79 Å². The highest BCUT2D eigenvalue weighted by Crippen LogP contribution is 2.34. The monoisotopic (exact) mass is 450 g/mol. The van der Waals surface area contributed by atoms with Gasteiger partial charge in [0.05, 0.1) is 28.8 Å². The van der Waals surface area contributed by atoms with Crippen LogP contribution in [0, 0.1) is 6.92 Å². The van der Waals surface area contributed by atoms with Gasteiger partial charge in [0.1, 0.15) is 11.8 Å². The predicted octanol–water partition coefficient (Wildman–Crippen LogP) is 5.59. The van der Waals surface area contributed by atoms with Gasteiger partial charge >= 0.3 is 0 Å². The van der Waals surface area contributed by atoms with Gasteiger partial charge in [0.2, 0.25) is 0 Å². The smallest absolute Gasteiger partial charge is 0.253 e. The molecule has 1 aliphatic rings. The summed E-state index contributed by atoms with van der Waals surface area (Å²) < 4.78 is 5.60. The molecule has 1 aliphatic heterocycles. The normalized spacial score (nSPS) is 16.1. The molecule has 2 aromatic carbocycles. The fourth-order valence-electron chi connectivity index (χ4n) is 3.62. The number of thioether (sulfide) groups is 1. The maximum atomic E-state index is 13.1. The SMILES string of the molecule is Cc1ccc2nc(SCC(=O)N3N=C(c4ccc(Cl)cc4)C[C@@H]3c3ccco3)[nH]c2c1. The summed E-state index contributed by atoms with van der Waals surface area (Å²) in [5.74, 6) is 0.824. The van der Waals surface area contributed by atoms with Crippen LogP contribution in [0.25, 0.3) is 11.0 Å². The Hall–Kier alpha value is -3.03. The number of amides is 1. The summed E-state index contributed by atoms with van der Waals surface area (Å²) in [4.78, 5) is 21.0. The van der Waals surface area contributed by atoms with E-state index in [1.807, 2.05) is 61.5 Å². The molecule has 0 saturated heterocycles. The molecular weight excluding hydrogens is 432 g/mol. The molecule has 6 nitrogen and oxygen atoms in total. The molecule has 3 heterocycles. The molecule has 156 valence electrons. The van der Waals surface area contributed by atoms with Crippen LogP contribution in [-0.2, 0) is 4.79 Å². The molecule has 1 atom stereocenters. The van der Waals surface area contributed by atoms with Gasteiger partial charge in [-0.1, -0.05) is 41.6 Å². The number of nitrogens with zero attached hydrogens (tertiary/aromatic N) is 3. The Morgan fingerprint density at radius 1 is 1.26 bits per heavy atom. The molecule has 1 N–H and O–H groups in total. The van der Waals surface area contributed by atoms with E-state index in [9.17, 15) is 4.79 Å². The number of aromatic amines is 1. The van der Waals surface area contributed by atoms with E-state index in [-0.39, 0.29) is 17.7 Å². The van der Waals surface area contributed by atoms with E-state index in [1.54, 1.807) is 6.26 Å². The van der Waals surface area contributed by atoms with Gasteiger partial charge in [-0.05, 0) is 54.4 Å². The Kier molecular flexibility index (Phi) is 5.29. The number of carbonyl (C=O) groups excluding carboxylic acids is 1.